The highest BCUT2D eigenvalue weighted by atomic mass is 16.6. The maximum atomic E-state index is 12.1. The number of hydrogen-bond acceptors (Lipinski definition) is 10. The Morgan fingerprint density at radius 2 is 2.11 bits per heavy atom. The molecule has 2 unspecified atom stereocenters. The second kappa shape index (κ2) is 8.98. The van der Waals surface area contributed by atoms with Crippen LogP contribution in [0.4, 0.5) is 5.82 Å². The van der Waals surface area contributed by atoms with Crippen molar-refractivity contribution in [1.82, 2.24) is 34.8 Å². The number of aliphatic hydroxyl groups is 2. The number of carbonyl (C=O) groups excluding carboxylic acids is 1. The zero-order valence-corrected chi connectivity index (χ0v) is 19.1. The van der Waals surface area contributed by atoms with Crippen molar-refractivity contribution in [3.8, 4) is 11.4 Å². The van der Waals surface area contributed by atoms with Crippen molar-refractivity contribution in [3.63, 3.8) is 0 Å². The number of ether oxygens (including phenoxy) is 1. The summed E-state index contributed by atoms with van der Waals surface area (Å²) < 4.78 is 7.12. The van der Waals surface area contributed by atoms with Gasteiger partial charge in [-0.1, -0.05) is 6.07 Å². The predicted octanol–water partition coefficient (Wildman–Crippen LogP) is 0.918. The Hall–Kier alpha value is -4.00. The van der Waals surface area contributed by atoms with Gasteiger partial charge >= 0.3 is 0 Å². The minimum Gasteiger partial charge on any atom is -0.362 e. The van der Waals surface area contributed by atoms with Gasteiger partial charge in [0.1, 0.15) is 6.10 Å². The van der Waals surface area contributed by atoms with Gasteiger partial charge in [0.15, 0.2) is 29.0 Å². The molecule has 0 spiro atoms. The van der Waals surface area contributed by atoms with Crippen molar-refractivity contribution in [2.24, 2.45) is 0 Å². The molecule has 5 rings (SSSR count). The second-order valence-corrected chi connectivity index (χ2v) is 8.32. The van der Waals surface area contributed by atoms with Crippen LogP contribution in [0.2, 0.25) is 0 Å². The number of hydrogen-bond donors (Lipinski definition) is 4. The largest absolute Gasteiger partial charge is 0.362 e. The van der Waals surface area contributed by atoms with E-state index >= 15 is 0 Å². The molecule has 12 heteroatoms. The summed E-state index contributed by atoms with van der Waals surface area (Å²) >= 11 is 0. The standard InChI is InChI=1S/C23H24N8O4/c1-13-7-14(10-25-9-13)18-29-19(27-11-15-5-3-4-6-26-15)17-20(30-18)31(12-28-17)22-23(33,34)8-16(35-22)21(32)24-2/h3-7,9-10,12,16,22,33-34H,8,11H2,1-2H3,(H,24,32)(H,27,29,30). The first-order chi connectivity index (χ1) is 16.9. The van der Waals surface area contributed by atoms with Crippen LogP contribution in [0.3, 0.4) is 0 Å². The van der Waals surface area contributed by atoms with Gasteiger partial charge in [-0.2, -0.15) is 0 Å². The third kappa shape index (κ3) is 4.41. The summed E-state index contributed by atoms with van der Waals surface area (Å²) in [6, 6.07) is 7.50. The van der Waals surface area contributed by atoms with Gasteiger partial charge in [0.25, 0.3) is 0 Å². The maximum absolute atomic E-state index is 12.1. The van der Waals surface area contributed by atoms with Crippen molar-refractivity contribution in [3.05, 3.63) is 60.4 Å². The number of amides is 1. The Morgan fingerprint density at radius 3 is 2.86 bits per heavy atom. The Morgan fingerprint density at radius 1 is 1.26 bits per heavy atom. The van der Waals surface area contributed by atoms with Crippen molar-refractivity contribution in [2.75, 3.05) is 12.4 Å². The lowest BCUT2D eigenvalue weighted by Crippen LogP contribution is -2.35. The van der Waals surface area contributed by atoms with Crippen molar-refractivity contribution >= 4 is 22.9 Å². The van der Waals surface area contributed by atoms with E-state index in [1.54, 1.807) is 18.6 Å². The molecule has 1 aliphatic heterocycles. The molecule has 4 aromatic heterocycles. The molecule has 35 heavy (non-hydrogen) atoms. The van der Waals surface area contributed by atoms with Crippen molar-refractivity contribution in [2.45, 2.75) is 38.0 Å². The first-order valence-corrected chi connectivity index (χ1v) is 11.0. The van der Waals surface area contributed by atoms with Crippen LogP contribution in [-0.2, 0) is 16.1 Å². The molecular weight excluding hydrogens is 452 g/mol. The van der Waals surface area contributed by atoms with Gasteiger partial charge in [-0.3, -0.25) is 19.3 Å². The fourth-order valence-electron chi connectivity index (χ4n) is 3.98. The highest BCUT2D eigenvalue weighted by Crippen LogP contribution is 2.38. The van der Waals surface area contributed by atoms with E-state index in [1.165, 1.54) is 17.9 Å². The average molecular weight is 476 g/mol. The predicted molar refractivity (Wildman–Crippen MR) is 125 cm³/mol. The normalized spacial score (nSPS) is 19.1. The molecule has 0 bridgehead atoms. The van der Waals surface area contributed by atoms with Gasteiger partial charge < -0.3 is 25.6 Å². The summed E-state index contributed by atoms with van der Waals surface area (Å²) in [5.74, 6) is -1.98. The van der Waals surface area contributed by atoms with E-state index in [0.717, 1.165) is 11.3 Å². The van der Waals surface area contributed by atoms with Gasteiger partial charge in [0, 0.05) is 37.6 Å². The van der Waals surface area contributed by atoms with E-state index < -0.39 is 24.0 Å². The summed E-state index contributed by atoms with van der Waals surface area (Å²) in [5.41, 5.74) is 3.10. The molecule has 2 atom stereocenters. The number of pyridine rings is 2. The van der Waals surface area contributed by atoms with Crippen LogP contribution in [-0.4, -0.2) is 64.5 Å². The molecule has 0 saturated carbocycles. The number of aromatic nitrogens is 6. The number of rotatable bonds is 6. The molecule has 4 N–H and O–H groups in total. The molecule has 0 aromatic carbocycles. The lowest BCUT2D eigenvalue weighted by Gasteiger charge is -2.23. The number of nitrogens with one attached hydrogen (secondary N) is 2. The second-order valence-electron chi connectivity index (χ2n) is 8.32. The SMILES string of the molecule is CNC(=O)C1CC(O)(O)C(n2cnc3c(NCc4ccccn4)nc(-c4cncc(C)c4)nc32)O1. The molecule has 1 amide bonds. The molecule has 180 valence electrons. The quantitative estimate of drug-likeness (QED) is 0.295. The van der Waals surface area contributed by atoms with Crippen LogP contribution in [0.15, 0.2) is 49.2 Å². The fourth-order valence-corrected chi connectivity index (χ4v) is 3.98. The van der Waals surface area contributed by atoms with E-state index in [-0.39, 0.29) is 6.42 Å². The summed E-state index contributed by atoms with van der Waals surface area (Å²) in [7, 11) is 1.46. The highest BCUT2D eigenvalue weighted by Gasteiger charge is 2.50. The Labute approximate surface area is 200 Å². The first-order valence-electron chi connectivity index (χ1n) is 11.0. The zero-order valence-electron chi connectivity index (χ0n) is 19.1. The molecule has 1 fully saturated rings. The molecule has 1 aliphatic rings. The first kappa shape index (κ1) is 22.8. The summed E-state index contributed by atoms with van der Waals surface area (Å²) in [5, 5.41) is 27.1. The Bertz CT molecular complexity index is 1370. The van der Waals surface area contributed by atoms with Gasteiger partial charge in [0.2, 0.25) is 11.7 Å². The molecule has 0 radical (unpaired) electrons. The minimum atomic E-state index is -2.32. The highest BCUT2D eigenvalue weighted by molar-refractivity contribution is 5.85. The number of anilines is 1. The smallest absolute Gasteiger partial charge is 0.249 e. The van der Waals surface area contributed by atoms with Gasteiger partial charge in [-0.05, 0) is 30.7 Å². The monoisotopic (exact) mass is 476 g/mol. The lowest BCUT2D eigenvalue weighted by atomic mass is 10.1. The molecule has 12 nitrogen and oxygen atoms in total. The Kier molecular flexibility index (Phi) is 5.84. The number of imidazole rings is 1. The minimum absolute atomic E-state index is 0.301. The number of nitrogens with zero attached hydrogens (tertiary/aromatic N) is 6. The van der Waals surface area contributed by atoms with Crippen LogP contribution in [0, 0.1) is 6.92 Å². The summed E-state index contributed by atoms with van der Waals surface area (Å²) in [6.45, 7) is 2.30. The molecule has 5 heterocycles. The third-order valence-electron chi connectivity index (χ3n) is 5.68. The van der Waals surface area contributed by atoms with E-state index in [0.29, 0.717) is 34.9 Å². The topological polar surface area (TPSA) is 160 Å². The fraction of sp³-hybridized carbons (Fsp3) is 0.304. The van der Waals surface area contributed by atoms with E-state index in [4.69, 9.17) is 4.74 Å². The third-order valence-corrected chi connectivity index (χ3v) is 5.68. The van der Waals surface area contributed by atoms with Crippen LogP contribution in [0.5, 0.6) is 0 Å². The summed E-state index contributed by atoms with van der Waals surface area (Å²) in [4.78, 5) is 34.4. The van der Waals surface area contributed by atoms with E-state index in [1.807, 2.05) is 31.2 Å². The molecule has 0 aliphatic carbocycles. The number of carbonyl (C=O) groups is 1. The summed E-state index contributed by atoms with van der Waals surface area (Å²) in [6.07, 6.45) is 3.81. The zero-order chi connectivity index (χ0) is 24.6. The average Bonchev–Trinajstić information content (AvgIpc) is 3.42. The lowest BCUT2D eigenvalue weighted by molar-refractivity contribution is -0.217. The Balaban J connectivity index is 1.60. The van der Waals surface area contributed by atoms with Gasteiger partial charge in [0.05, 0.1) is 18.6 Å². The van der Waals surface area contributed by atoms with Crippen LogP contribution in [0.1, 0.15) is 23.9 Å². The van der Waals surface area contributed by atoms with E-state index in [9.17, 15) is 15.0 Å². The van der Waals surface area contributed by atoms with Gasteiger partial charge in [-0.25, -0.2) is 15.0 Å². The molecule has 1 saturated heterocycles. The number of fused-ring (bicyclic) bond motifs is 1. The van der Waals surface area contributed by atoms with Crippen molar-refractivity contribution in [1.29, 1.82) is 0 Å². The molecule has 4 aromatic rings. The van der Waals surface area contributed by atoms with E-state index in [2.05, 4.69) is 35.6 Å². The van der Waals surface area contributed by atoms with Crippen LogP contribution < -0.4 is 10.6 Å². The maximum Gasteiger partial charge on any atom is 0.249 e. The van der Waals surface area contributed by atoms with Crippen LogP contribution in [0.25, 0.3) is 22.6 Å². The molecular formula is C23H24N8O4. The van der Waals surface area contributed by atoms with Crippen molar-refractivity contribution < 1.29 is 19.7 Å². The number of aryl methyl sites for hydroxylation is 1. The number of likely N-dealkylation sites (N-methyl/N-ethyl adjacent to an activating group) is 1. The van der Waals surface area contributed by atoms with Gasteiger partial charge in [-0.15, -0.1) is 0 Å². The van der Waals surface area contributed by atoms with Crippen LogP contribution >= 0.6 is 0 Å².